The summed E-state index contributed by atoms with van der Waals surface area (Å²) in [7, 11) is 0. The Morgan fingerprint density at radius 2 is 1.93 bits per heavy atom. The van der Waals surface area contributed by atoms with Crippen LogP contribution < -0.4 is 16.0 Å². The number of aliphatic hydroxyl groups excluding tert-OH is 1. The summed E-state index contributed by atoms with van der Waals surface area (Å²) in [6.07, 6.45) is 3.03. The second kappa shape index (κ2) is 16.5. The zero-order valence-corrected chi connectivity index (χ0v) is 19.2. The van der Waals surface area contributed by atoms with Crippen LogP contribution in [-0.4, -0.2) is 49.8 Å². The minimum atomic E-state index is -0.337. The van der Waals surface area contributed by atoms with Gasteiger partial charge in [-0.3, -0.25) is 9.79 Å². The van der Waals surface area contributed by atoms with E-state index in [1.807, 2.05) is 6.92 Å². The number of carbonyl (C=O) groups excluding carboxylic acids is 1. The molecule has 0 saturated carbocycles. The van der Waals surface area contributed by atoms with Gasteiger partial charge >= 0.3 is 0 Å². The highest BCUT2D eigenvalue weighted by Gasteiger charge is 2.08. The molecule has 28 heavy (non-hydrogen) atoms. The van der Waals surface area contributed by atoms with Crippen LogP contribution in [0.1, 0.15) is 38.7 Å². The van der Waals surface area contributed by atoms with Crippen LogP contribution in [0.15, 0.2) is 29.3 Å². The van der Waals surface area contributed by atoms with Crippen molar-refractivity contribution in [3.63, 3.8) is 0 Å². The van der Waals surface area contributed by atoms with E-state index in [-0.39, 0.29) is 48.7 Å². The number of hydrogen-bond acceptors (Lipinski definition) is 3. The normalized spacial score (nSPS) is 12.1. The van der Waals surface area contributed by atoms with Crippen molar-refractivity contribution < 1.29 is 14.3 Å². The number of hydrogen-bond donors (Lipinski definition) is 4. The van der Waals surface area contributed by atoms with E-state index in [1.165, 1.54) is 12.1 Å². The van der Waals surface area contributed by atoms with E-state index in [9.17, 15) is 9.18 Å². The third kappa shape index (κ3) is 12.1. The van der Waals surface area contributed by atoms with Gasteiger partial charge in [-0.2, -0.15) is 0 Å². The first-order chi connectivity index (χ1) is 13.1. The van der Waals surface area contributed by atoms with Crippen LogP contribution in [0.25, 0.3) is 0 Å². The first-order valence-electron chi connectivity index (χ1n) is 9.73. The lowest BCUT2D eigenvalue weighted by Crippen LogP contribution is -2.42. The Hall–Kier alpha value is -1.42. The molecule has 1 aromatic carbocycles. The molecule has 1 unspecified atom stereocenters. The summed E-state index contributed by atoms with van der Waals surface area (Å²) in [5.41, 5.74) is 0.654. The summed E-state index contributed by atoms with van der Waals surface area (Å²) in [4.78, 5) is 16.5. The highest BCUT2D eigenvalue weighted by atomic mass is 127. The molecule has 4 N–H and O–H groups in total. The third-order valence-electron chi connectivity index (χ3n) is 4.08. The number of amides is 1. The third-order valence-corrected chi connectivity index (χ3v) is 4.08. The lowest BCUT2D eigenvalue weighted by Gasteiger charge is -2.15. The Morgan fingerprint density at radius 3 is 2.57 bits per heavy atom. The number of carbonyl (C=O) groups is 1. The van der Waals surface area contributed by atoms with E-state index < -0.39 is 0 Å². The largest absolute Gasteiger partial charge is 0.396 e. The molecule has 0 radical (unpaired) electrons. The van der Waals surface area contributed by atoms with Gasteiger partial charge in [-0.1, -0.05) is 25.5 Å². The van der Waals surface area contributed by atoms with Crippen molar-refractivity contribution in [1.29, 1.82) is 0 Å². The molecule has 160 valence electrons. The van der Waals surface area contributed by atoms with Crippen LogP contribution in [0.4, 0.5) is 4.39 Å². The SMILES string of the molecule is CCCC(CCO)CN=C(NCC)NCCNC(=O)Cc1cccc(F)c1.I. The quantitative estimate of drug-likeness (QED) is 0.151. The second-order valence-corrected chi connectivity index (χ2v) is 6.47. The highest BCUT2D eigenvalue weighted by Crippen LogP contribution is 2.10. The van der Waals surface area contributed by atoms with Crippen LogP contribution in [0.2, 0.25) is 0 Å². The first kappa shape index (κ1) is 26.6. The summed E-state index contributed by atoms with van der Waals surface area (Å²) in [6.45, 7) is 6.71. The fourth-order valence-corrected chi connectivity index (χ4v) is 2.76. The summed E-state index contributed by atoms with van der Waals surface area (Å²) < 4.78 is 13.1. The van der Waals surface area contributed by atoms with Gasteiger partial charge in [-0.25, -0.2) is 4.39 Å². The number of nitrogens with zero attached hydrogens (tertiary/aromatic N) is 1. The number of aliphatic hydroxyl groups is 1. The van der Waals surface area contributed by atoms with Crippen LogP contribution in [0.3, 0.4) is 0 Å². The van der Waals surface area contributed by atoms with E-state index in [1.54, 1.807) is 12.1 Å². The minimum Gasteiger partial charge on any atom is -0.396 e. The monoisotopic (exact) mass is 508 g/mol. The Kier molecular flexibility index (Phi) is 15.7. The van der Waals surface area contributed by atoms with Crippen molar-refractivity contribution in [3.05, 3.63) is 35.6 Å². The van der Waals surface area contributed by atoms with Crippen LogP contribution >= 0.6 is 24.0 Å². The van der Waals surface area contributed by atoms with Gasteiger partial charge in [0.2, 0.25) is 5.91 Å². The fourth-order valence-electron chi connectivity index (χ4n) is 2.76. The molecule has 1 aromatic rings. The average molecular weight is 508 g/mol. The van der Waals surface area contributed by atoms with E-state index in [4.69, 9.17) is 5.11 Å². The maximum Gasteiger partial charge on any atom is 0.224 e. The molecule has 0 aliphatic heterocycles. The number of aliphatic imine (C=N–C) groups is 1. The summed E-state index contributed by atoms with van der Waals surface area (Å²) in [5.74, 6) is 0.601. The van der Waals surface area contributed by atoms with Gasteiger partial charge < -0.3 is 21.1 Å². The maximum atomic E-state index is 13.1. The van der Waals surface area contributed by atoms with E-state index in [2.05, 4.69) is 27.9 Å². The Bertz CT molecular complexity index is 581. The average Bonchev–Trinajstić information content (AvgIpc) is 2.63. The van der Waals surface area contributed by atoms with Gasteiger partial charge in [-0.05, 0) is 43.4 Å². The van der Waals surface area contributed by atoms with Gasteiger partial charge in [0.1, 0.15) is 5.82 Å². The Labute approximate surface area is 184 Å². The predicted octanol–water partition coefficient (Wildman–Crippen LogP) is 2.46. The zero-order valence-electron chi connectivity index (χ0n) is 16.8. The van der Waals surface area contributed by atoms with E-state index in [0.717, 1.165) is 25.8 Å². The number of benzene rings is 1. The molecule has 0 spiro atoms. The molecule has 0 aliphatic carbocycles. The summed E-state index contributed by atoms with van der Waals surface area (Å²) in [6, 6.07) is 6.06. The molecular weight excluding hydrogens is 474 g/mol. The molecule has 1 rings (SSSR count). The molecule has 1 atom stereocenters. The molecule has 0 heterocycles. The van der Waals surface area contributed by atoms with Gasteiger partial charge in [0.05, 0.1) is 6.42 Å². The van der Waals surface area contributed by atoms with Gasteiger partial charge in [0.15, 0.2) is 5.96 Å². The molecule has 0 fully saturated rings. The van der Waals surface area contributed by atoms with Crippen molar-refractivity contribution in [2.24, 2.45) is 10.9 Å². The summed E-state index contributed by atoms with van der Waals surface area (Å²) >= 11 is 0. The van der Waals surface area contributed by atoms with Crippen LogP contribution in [0, 0.1) is 11.7 Å². The van der Waals surface area contributed by atoms with Crippen molar-refractivity contribution in [3.8, 4) is 0 Å². The number of guanidine groups is 1. The topological polar surface area (TPSA) is 85.8 Å². The fraction of sp³-hybridized carbons (Fsp3) is 0.600. The lowest BCUT2D eigenvalue weighted by atomic mass is 10.0. The minimum absolute atomic E-state index is 0. The molecule has 1 amide bonds. The molecule has 0 aromatic heterocycles. The zero-order chi connectivity index (χ0) is 19.9. The molecular formula is C20H34FIN4O2. The summed E-state index contributed by atoms with van der Waals surface area (Å²) in [5, 5.41) is 18.3. The smallest absolute Gasteiger partial charge is 0.224 e. The first-order valence-corrected chi connectivity index (χ1v) is 9.73. The molecule has 8 heteroatoms. The number of rotatable bonds is 12. The van der Waals surface area contributed by atoms with Crippen molar-refractivity contribution in [2.45, 2.75) is 39.5 Å². The predicted molar refractivity (Wildman–Crippen MR) is 123 cm³/mol. The van der Waals surface area contributed by atoms with Crippen molar-refractivity contribution in [2.75, 3.05) is 32.8 Å². The van der Waals surface area contributed by atoms with Crippen molar-refractivity contribution in [1.82, 2.24) is 16.0 Å². The molecule has 0 aliphatic rings. The van der Waals surface area contributed by atoms with Gasteiger partial charge in [-0.15, -0.1) is 24.0 Å². The number of halogens is 2. The molecule has 0 bridgehead atoms. The maximum absolute atomic E-state index is 13.1. The van der Waals surface area contributed by atoms with Gasteiger partial charge in [0, 0.05) is 32.8 Å². The molecule has 6 nitrogen and oxygen atoms in total. The highest BCUT2D eigenvalue weighted by molar-refractivity contribution is 14.0. The van der Waals surface area contributed by atoms with Crippen molar-refractivity contribution >= 4 is 35.8 Å². The second-order valence-electron chi connectivity index (χ2n) is 6.47. The Morgan fingerprint density at radius 1 is 1.18 bits per heavy atom. The van der Waals surface area contributed by atoms with E-state index >= 15 is 0 Å². The van der Waals surface area contributed by atoms with Crippen LogP contribution in [-0.2, 0) is 11.2 Å². The van der Waals surface area contributed by atoms with E-state index in [0.29, 0.717) is 37.1 Å². The van der Waals surface area contributed by atoms with Crippen LogP contribution in [0.5, 0.6) is 0 Å². The lowest BCUT2D eigenvalue weighted by molar-refractivity contribution is -0.120. The Balaban J connectivity index is 0.00000729. The molecule has 0 saturated heterocycles. The van der Waals surface area contributed by atoms with Gasteiger partial charge in [0.25, 0.3) is 0 Å². The number of nitrogens with one attached hydrogen (secondary N) is 3. The standard InChI is InChI=1S/C20H33FN4O2.HI/c1-3-6-16(9-12-26)15-25-20(22-4-2)24-11-10-23-19(27)14-17-7-5-8-18(21)13-17;/h5,7-8,13,16,26H,3-4,6,9-12,14-15H2,1-2H3,(H,23,27)(H2,22,24,25);1H.